The number of carbonyl (C=O) groups is 1. The van der Waals surface area contributed by atoms with Gasteiger partial charge in [-0.05, 0) is 58.0 Å². The zero-order valence-electron chi connectivity index (χ0n) is 17.9. The summed E-state index contributed by atoms with van der Waals surface area (Å²) in [7, 11) is 1.82. The fourth-order valence-electron chi connectivity index (χ4n) is 4.24. The number of hydrogen-bond donors (Lipinski definition) is 1. The number of pyridine rings is 1. The van der Waals surface area contributed by atoms with Crippen molar-refractivity contribution in [2.45, 2.75) is 39.7 Å². The van der Waals surface area contributed by atoms with Crippen molar-refractivity contribution in [2.75, 3.05) is 18.5 Å². The second-order valence-corrected chi connectivity index (χ2v) is 8.21. The molecule has 0 aliphatic carbocycles. The molecule has 30 heavy (non-hydrogen) atoms. The number of nitrogens with one attached hydrogen (secondary N) is 1. The van der Waals surface area contributed by atoms with E-state index in [1.807, 2.05) is 36.1 Å². The molecule has 1 aromatic heterocycles. The monoisotopic (exact) mass is 403 g/mol. The Kier molecular flexibility index (Phi) is 5.62. The summed E-state index contributed by atoms with van der Waals surface area (Å²) >= 11 is 0. The third-order valence-electron chi connectivity index (χ3n) is 6.33. The summed E-state index contributed by atoms with van der Waals surface area (Å²) in [6.07, 6.45) is 8.79. The number of amides is 1. The molecule has 3 heterocycles. The highest BCUT2D eigenvalue weighted by Gasteiger charge is 2.24. The van der Waals surface area contributed by atoms with Gasteiger partial charge in [0.1, 0.15) is 0 Å². The van der Waals surface area contributed by atoms with Gasteiger partial charge in [-0.3, -0.25) is 9.59 Å². The number of carbonyl (C=O) groups excluding carboxylic acids is 1. The predicted octanol–water partition coefficient (Wildman–Crippen LogP) is 3.83. The summed E-state index contributed by atoms with van der Waals surface area (Å²) < 4.78 is 1.85. The molecule has 1 amide bonds. The molecule has 0 bridgehead atoms. The summed E-state index contributed by atoms with van der Waals surface area (Å²) in [6.45, 7) is 5.83. The fraction of sp³-hybridized carbons (Fsp3) is 0.360. The van der Waals surface area contributed by atoms with Crippen LogP contribution >= 0.6 is 0 Å². The smallest absolute Gasteiger partial charge is 0.250 e. The lowest BCUT2D eigenvalue weighted by Gasteiger charge is -2.19. The molecule has 1 N–H and O–H groups in total. The molecule has 0 radical (unpaired) electrons. The Balaban J connectivity index is 1.63. The number of rotatable bonds is 6. The summed E-state index contributed by atoms with van der Waals surface area (Å²) in [4.78, 5) is 26.1. The van der Waals surface area contributed by atoms with Crippen LogP contribution in [0.25, 0.3) is 11.1 Å². The Morgan fingerprint density at radius 1 is 1.07 bits per heavy atom. The van der Waals surface area contributed by atoms with Crippen LogP contribution in [-0.2, 0) is 17.8 Å². The Labute approximate surface area is 177 Å². The van der Waals surface area contributed by atoms with Crippen LogP contribution in [0.5, 0.6) is 0 Å². The number of benzene rings is 1. The zero-order valence-corrected chi connectivity index (χ0v) is 17.9. The van der Waals surface area contributed by atoms with Crippen molar-refractivity contribution in [2.24, 2.45) is 5.92 Å². The van der Waals surface area contributed by atoms with E-state index >= 15 is 0 Å². The van der Waals surface area contributed by atoms with Crippen molar-refractivity contribution in [3.63, 3.8) is 0 Å². The number of fused-ring (bicyclic) bond motifs is 1. The van der Waals surface area contributed by atoms with Gasteiger partial charge in [-0.25, -0.2) is 0 Å². The lowest BCUT2D eigenvalue weighted by Crippen LogP contribution is -2.24. The Morgan fingerprint density at radius 2 is 1.83 bits per heavy atom. The first-order valence-electron chi connectivity index (χ1n) is 10.7. The molecule has 0 saturated heterocycles. The number of hydrogen-bond acceptors (Lipinski definition) is 3. The molecule has 1 aromatic carbocycles. The van der Waals surface area contributed by atoms with Crippen LogP contribution in [0.3, 0.4) is 0 Å². The SMILES string of the molecule is CCC(CC)Cn1cc(C2=CC(c3ccc4c(c3)CC(=O)N4C)=CNC2)ccc1=O. The molecule has 0 saturated carbocycles. The topological polar surface area (TPSA) is 54.3 Å². The molecule has 156 valence electrons. The standard InChI is InChI=1S/C25H29N3O2/c1-4-17(5-2)15-28-16-19(7-9-24(28)29)22-11-21(13-26-14-22)18-6-8-23-20(10-18)12-25(30)27(23)3/h6-11,13,16-17,26H,4-5,12,14-15H2,1-3H3. The van der Waals surface area contributed by atoms with Gasteiger partial charge in [-0.15, -0.1) is 0 Å². The van der Waals surface area contributed by atoms with Gasteiger partial charge in [-0.2, -0.15) is 0 Å². The molecule has 4 rings (SSSR count). The van der Waals surface area contributed by atoms with Crippen LogP contribution in [0.1, 0.15) is 43.4 Å². The molecule has 0 unspecified atom stereocenters. The molecule has 2 aromatic rings. The van der Waals surface area contributed by atoms with E-state index in [0.29, 0.717) is 12.3 Å². The van der Waals surface area contributed by atoms with Gasteiger partial charge in [0.2, 0.25) is 5.91 Å². The number of allylic oxidation sites excluding steroid dienone is 2. The van der Waals surface area contributed by atoms with Crippen molar-refractivity contribution in [3.8, 4) is 0 Å². The second-order valence-electron chi connectivity index (χ2n) is 8.21. The molecule has 2 aliphatic rings. The minimum absolute atomic E-state index is 0.0539. The van der Waals surface area contributed by atoms with Crippen molar-refractivity contribution < 1.29 is 4.79 Å². The maximum Gasteiger partial charge on any atom is 0.250 e. The van der Waals surface area contributed by atoms with Crippen molar-refractivity contribution in [1.29, 1.82) is 0 Å². The maximum absolute atomic E-state index is 12.4. The highest BCUT2D eigenvalue weighted by Crippen LogP contribution is 2.32. The summed E-state index contributed by atoms with van der Waals surface area (Å²) in [5.74, 6) is 0.646. The van der Waals surface area contributed by atoms with Crippen LogP contribution < -0.4 is 15.8 Å². The number of aromatic nitrogens is 1. The molecule has 2 aliphatic heterocycles. The van der Waals surface area contributed by atoms with Crippen LogP contribution in [-0.4, -0.2) is 24.1 Å². The highest BCUT2D eigenvalue weighted by atomic mass is 16.2. The van der Waals surface area contributed by atoms with Gasteiger partial charge in [0.05, 0.1) is 6.42 Å². The molecule has 0 spiro atoms. The van der Waals surface area contributed by atoms with Gasteiger partial charge in [-0.1, -0.05) is 32.8 Å². The van der Waals surface area contributed by atoms with Crippen molar-refractivity contribution in [3.05, 3.63) is 75.8 Å². The number of likely N-dealkylation sites (N-methyl/N-ethyl adjacent to an activating group) is 1. The van der Waals surface area contributed by atoms with E-state index in [0.717, 1.165) is 59.5 Å². The van der Waals surface area contributed by atoms with Gasteiger partial charge in [0.15, 0.2) is 0 Å². The average molecular weight is 404 g/mol. The lowest BCUT2D eigenvalue weighted by atomic mass is 9.96. The van der Waals surface area contributed by atoms with Gasteiger partial charge in [0.25, 0.3) is 5.56 Å². The van der Waals surface area contributed by atoms with Gasteiger partial charge in [0, 0.05) is 44.3 Å². The van der Waals surface area contributed by atoms with Crippen molar-refractivity contribution in [1.82, 2.24) is 9.88 Å². The molecule has 0 fully saturated rings. The quantitative estimate of drug-likeness (QED) is 0.798. The molecular weight excluding hydrogens is 374 g/mol. The summed E-state index contributed by atoms with van der Waals surface area (Å²) in [5.41, 5.74) is 6.50. The zero-order chi connectivity index (χ0) is 21.3. The third-order valence-corrected chi connectivity index (χ3v) is 6.33. The fourth-order valence-corrected chi connectivity index (χ4v) is 4.24. The second kappa shape index (κ2) is 8.34. The molecule has 5 heteroatoms. The van der Waals surface area contributed by atoms with E-state index in [-0.39, 0.29) is 11.5 Å². The molecule has 5 nitrogen and oxygen atoms in total. The number of dihydropyridines is 1. The third kappa shape index (κ3) is 3.84. The van der Waals surface area contributed by atoms with Crippen LogP contribution in [0.4, 0.5) is 5.69 Å². The van der Waals surface area contributed by atoms with E-state index in [9.17, 15) is 9.59 Å². The van der Waals surface area contributed by atoms with E-state index in [2.05, 4.69) is 37.4 Å². The van der Waals surface area contributed by atoms with Crippen LogP contribution in [0.15, 0.2) is 53.6 Å². The summed E-state index contributed by atoms with van der Waals surface area (Å²) in [5, 5.41) is 3.37. The minimum Gasteiger partial charge on any atom is -0.386 e. The first-order valence-corrected chi connectivity index (χ1v) is 10.7. The first kappa shape index (κ1) is 20.2. The van der Waals surface area contributed by atoms with Crippen LogP contribution in [0.2, 0.25) is 0 Å². The van der Waals surface area contributed by atoms with E-state index in [1.165, 1.54) is 0 Å². The van der Waals surface area contributed by atoms with E-state index in [1.54, 1.807) is 11.0 Å². The van der Waals surface area contributed by atoms with Gasteiger partial charge >= 0.3 is 0 Å². The van der Waals surface area contributed by atoms with Crippen LogP contribution in [0, 0.1) is 5.92 Å². The Bertz CT molecular complexity index is 1090. The molecular formula is C25H29N3O2. The Morgan fingerprint density at radius 3 is 2.60 bits per heavy atom. The van der Waals surface area contributed by atoms with E-state index < -0.39 is 0 Å². The lowest BCUT2D eigenvalue weighted by molar-refractivity contribution is -0.117. The van der Waals surface area contributed by atoms with Gasteiger partial charge < -0.3 is 14.8 Å². The van der Waals surface area contributed by atoms with E-state index in [4.69, 9.17) is 0 Å². The minimum atomic E-state index is 0.0539. The average Bonchev–Trinajstić information content (AvgIpc) is 3.06. The normalized spacial score (nSPS) is 15.7. The number of nitrogens with zero attached hydrogens (tertiary/aromatic N) is 2. The maximum atomic E-state index is 12.4. The highest BCUT2D eigenvalue weighted by molar-refractivity contribution is 6.01. The first-order chi connectivity index (χ1) is 14.5. The Hall–Kier alpha value is -3.08. The van der Waals surface area contributed by atoms with Crippen molar-refractivity contribution >= 4 is 22.7 Å². The molecule has 0 atom stereocenters. The summed E-state index contributed by atoms with van der Waals surface area (Å²) in [6, 6.07) is 9.78. The predicted molar refractivity (Wildman–Crippen MR) is 122 cm³/mol. The number of anilines is 1. The largest absolute Gasteiger partial charge is 0.386 e.